The van der Waals surface area contributed by atoms with Crippen LogP contribution >= 0.6 is 0 Å². The fourth-order valence-corrected chi connectivity index (χ4v) is 0.972. The Bertz CT molecular complexity index is 96.9. The number of hydrogen-bond donors (Lipinski definition) is 1. The van der Waals surface area contributed by atoms with Gasteiger partial charge in [0.25, 0.3) is 0 Å². The Kier molecular flexibility index (Phi) is 9.87. The van der Waals surface area contributed by atoms with E-state index in [1.807, 2.05) is 0 Å². The van der Waals surface area contributed by atoms with Crippen LogP contribution in [0.4, 0.5) is 0 Å². The monoisotopic (exact) mass is 189 g/mol. The van der Waals surface area contributed by atoms with E-state index in [0.717, 1.165) is 39.2 Å². The molecule has 0 rings (SSSR count). The van der Waals surface area contributed by atoms with Crippen molar-refractivity contribution < 1.29 is 9.47 Å². The van der Waals surface area contributed by atoms with Gasteiger partial charge in [0.2, 0.25) is 0 Å². The Morgan fingerprint density at radius 1 is 1.08 bits per heavy atom. The molecular weight excluding hydrogens is 166 g/mol. The van der Waals surface area contributed by atoms with Gasteiger partial charge in [-0.05, 0) is 19.4 Å². The summed E-state index contributed by atoms with van der Waals surface area (Å²) in [6.45, 7) is 7.81. The van der Waals surface area contributed by atoms with Crippen molar-refractivity contribution in [1.82, 2.24) is 5.32 Å². The minimum Gasteiger partial charge on any atom is -0.385 e. The lowest BCUT2D eigenvalue weighted by Crippen LogP contribution is -2.24. The zero-order valence-corrected chi connectivity index (χ0v) is 9.14. The van der Waals surface area contributed by atoms with Gasteiger partial charge in [0.1, 0.15) is 0 Å². The predicted molar refractivity (Wildman–Crippen MR) is 55.1 cm³/mol. The van der Waals surface area contributed by atoms with E-state index >= 15 is 0 Å². The van der Waals surface area contributed by atoms with E-state index < -0.39 is 0 Å². The molecule has 0 aliphatic carbocycles. The smallest absolute Gasteiger partial charge is 0.0487 e. The molecule has 13 heavy (non-hydrogen) atoms. The summed E-state index contributed by atoms with van der Waals surface area (Å²) in [4.78, 5) is 0. The first-order valence-electron chi connectivity index (χ1n) is 5.07. The summed E-state index contributed by atoms with van der Waals surface area (Å²) < 4.78 is 10.3. The second-order valence-electron chi connectivity index (χ2n) is 3.42. The molecule has 3 nitrogen and oxygen atoms in total. The number of ether oxygens (including phenoxy) is 2. The summed E-state index contributed by atoms with van der Waals surface area (Å²) in [5, 5.41) is 3.34. The van der Waals surface area contributed by atoms with Crippen LogP contribution in [0.5, 0.6) is 0 Å². The Morgan fingerprint density at radius 3 is 2.38 bits per heavy atom. The van der Waals surface area contributed by atoms with Crippen molar-refractivity contribution in [2.24, 2.45) is 0 Å². The molecule has 80 valence electrons. The van der Waals surface area contributed by atoms with E-state index in [0.29, 0.717) is 6.04 Å². The van der Waals surface area contributed by atoms with Crippen LogP contribution < -0.4 is 5.32 Å². The molecule has 0 radical (unpaired) electrons. The maximum Gasteiger partial charge on any atom is 0.0487 e. The Balaban J connectivity index is 2.84. The van der Waals surface area contributed by atoms with Gasteiger partial charge in [-0.1, -0.05) is 13.8 Å². The molecule has 0 unspecified atom stereocenters. The van der Waals surface area contributed by atoms with Gasteiger partial charge in [-0.2, -0.15) is 0 Å². The number of rotatable bonds is 9. The van der Waals surface area contributed by atoms with Crippen molar-refractivity contribution in [3.63, 3.8) is 0 Å². The van der Waals surface area contributed by atoms with Crippen molar-refractivity contribution in [2.75, 3.05) is 33.5 Å². The highest BCUT2D eigenvalue weighted by atomic mass is 16.5. The first-order valence-corrected chi connectivity index (χ1v) is 5.07. The van der Waals surface area contributed by atoms with Gasteiger partial charge < -0.3 is 14.8 Å². The first kappa shape index (κ1) is 12.9. The normalized spacial score (nSPS) is 11.1. The van der Waals surface area contributed by atoms with Gasteiger partial charge in [-0.25, -0.2) is 0 Å². The van der Waals surface area contributed by atoms with Crippen molar-refractivity contribution in [3.05, 3.63) is 0 Å². The van der Waals surface area contributed by atoms with Gasteiger partial charge in [-0.15, -0.1) is 0 Å². The maximum absolute atomic E-state index is 5.40. The van der Waals surface area contributed by atoms with Crippen LogP contribution in [0.3, 0.4) is 0 Å². The average molecular weight is 189 g/mol. The molecule has 0 aliphatic rings. The molecule has 0 aromatic rings. The lowest BCUT2D eigenvalue weighted by Gasteiger charge is -2.07. The summed E-state index contributed by atoms with van der Waals surface area (Å²) in [5.74, 6) is 0. The van der Waals surface area contributed by atoms with Crippen molar-refractivity contribution in [2.45, 2.75) is 32.7 Å². The van der Waals surface area contributed by atoms with Crippen LogP contribution in [0.2, 0.25) is 0 Å². The Labute approximate surface area is 81.8 Å². The van der Waals surface area contributed by atoms with E-state index in [4.69, 9.17) is 9.47 Å². The highest BCUT2D eigenvalue weighted by molar-refractivity contribution is 4.51. The van der Waals surface area contributed by atoms with Crippen LogP contribution in [0.1, 0.15) is 26.7 Å². The van der Waals surface area contributed by atoms with Crippen LogP contribution in [0.25, 0.3) is 0 Å². The number of hydrogen-bond acceptors (Lipinski definition) is 3. The third kappa shape index (κ3) is 11.9. The van der Waals surface area contributed by atoms with Gasteiger partial charge in [-0.3, -0.25) is 0 Å². The third-order valence-corrected chi connectivity index (χ3v) is 1.66. The zero-order valence-electron chi connectivity index (χ0n) is 9.14. The molecule has 0 spiro atoms. The van der Waals surface area contributed by atoms with Crippen LogP contribution in [-0.2, 0) is 9.47 Å². The molecule has 0 fully saturated rings. The summed E-state index contributed by atoms with van der Waals surface area (Å²) >= 11 is 0. The second-order valence-corrected chi connectivity index (χ2v) is 3.42. The van der Waals surface area contributed by atoms with Crippen LogP contribution in [-0.4, -0.2) is 39.5 Å². The number of methoxy groups -OCH3 is 1. The quantitative estimate of drug-likeness (QED) is 0.557. The lowest BCUT2D eigenvalue weighted by molar-refractivity contribution is 0.101. The summed E-state index contributed by atoms with van der Waals surface area (Å²) in [6, 6.07) is 0.577. The van der Waals surface area contributed by atoms with Crippen molar-refractivity contribution in [3.8, 4) is 0 Å². The van der Waals surface area contributed by atoms with Gasteiger partial charge in [0.15, 0.2) is 0 Å². The van der Waals surface area contributed by atoms with Gasteiger partial charge in [0, 0.05) is 33.0 Å². The molecule has 0 aromatic carbocycles. The predicted octanol–water partition coefficient (Wildman–Crippen LogP) is 1.43. The second kappa shape index (κ2) is 9.96. The largest absolute Gasteiger partial charge is 0.385 e. The van der Waals surface area contributed by atoms with Crippen molar-refractivity contribution >= 4 is 0 Å². The minimum absolute atomic E-state index is 0.577. The fraction of sp³-hybridized carbons (Fsp3) is 1.00. The SMILES string of the molecule is COCCCOCCCNC(C)C. The van der Waals surface area contributed by atoms with E-state index in [-0.39, 0.29) is 0 Å². The van der Waals surface area contributed by atoms with E-state index in [1.165, 1.54) is 0 Å². The van der Waals surface area contributed by atoms with Crippen molar-refractivity contribution in [1.29, 1.82) is 0 Å². The maximum atomic E-state index is 5.40. The molecule has 0 heterocycles. The molecule has 0 aliphatic heterocycles. The van der Waals surface area contributed by atoms with Crippen LogP contribution in [0, 0.1) is 0 Å². The molecule has 1 N–H and O–H groups in total. The standard InChI is InChI=1S/C10H23NO2/c1-10(2)11-6-4-8-13-9-5-7-12-3/h10-11H,4-9H2,1-3H3. The number of nitrogens with one attached hydrogen (secondary N) is 1. The minimum atomic E-state index is 0.577. The van der Waals surface area contributed by atoms with Gasteiger partial charge >= 0.3 is 0 Å². The molecule has 0 amide bonds. The van der Waals surface area contributed by atoms with E-state index in [9.17, 15) is 0 Å². The highest BCUT2D eigenvalue weighted by Gasteiger charge is 1.92. The lowest BCUT2D eigenvalue weighted by atomic mass is 10.3. The molecule has 0 bridgehead atoms. The summed E-state index contributed by atoms with van der Waals surface area (Å²) in [6.07, 6.45) is 2.08. The molecule has 0 aromatic heterocycles. The average Bonchev–Trinajstić information content (AvgIpc) is 2.09. The summed E-state index contributed by atoms with van der Waals surface area (Å²) in [5.41, 5.74) is 0. The summed E-state index contributed by atoms with van der Waals surface area (Å²) in [7, 11) is 1.71. The molecule has 0 saturated heterocycles. The fourth-order valence-electron chi connectivity index (χ4n) is 0.972. The Morgan fingerprint density at radius 2 is 1.77 bits per heavy atom. The van der Waals surface area contributed by atoms with Gasteiger partial charge in [0.05, 0.1) is 0 Å². The molecule has 3 heteroatoms. The molecule has 0 atom stereocenters. The van der Waals surface area contributed by atoms with E-state index in [2.05, 4.69) is 19.2 Å². The highest BCUT2D eigenvalue weighted by Crippen LogP contribution is 1.86. The zero-order chi connectivity index (χ0) is 9.94. The topological polar surface area (TPSA) is 30.5 Å². The Hall–Kier alpha value is -0.120. The van der Waals surface area contributed by atoms with Crippen LogP contribution in [0.15, 0.2) is 0 Å². The molecular formula is C10H23NO2. The van der Waals surface area contributed by atoms with E-state index in [1.54, 1.807) is 7.11 Å². The third-order valence-electron chi connectivity index (χ3n) is 1.66. The first-order chi connectivity index (χ1) is 6.27. The molecule has 0 saturated carbocycles.